The molecule has 1 atom stereocenters. The fourth-order valence-corrected chi connectivity index (χ4v) is 2.58. The summed E-state index contributed by atoms with van der Waals surface area (Å²) in [6.45, 7) is 7.39. The molecule has 1 saturated heterocycles. The number of nitrogens with zero attached hydrogens (tertiary/aromatic N) is 1. The molecule has 20 heavy (non-hydrogen) atoms. The molecule has 0 aromatic heterocycles. The fourth-order valence-electron chi connectivity index (χ4n) is 2.58. The van der Waals surface area contributed by atoms with Crippen molar-refractivity contribution in [1.29, 1.82) is 0 Å². The van der Waals surface area contributed by atoms with Gasteiger partial charge in [0.2, 0.25) is 0 Å². The van der Waals surface area contributed by atoms with Crippen LogP contribution in [0.2, 0.25) is 0 Å². The van der Waals surface area contributed by atoms with Gasteiger partial charge < -0.3 is 9.64 Å². The first-order chi connectivity index (χ1) is 9.44. The van der Waals surface area contributed by atoms with Gasteiger partial charge in [-0.25, -0.2) is 4.79 Å². The molecule has 110 valence electrons. The molecule has 0 saturated carbocycles. The Hall–Kier alpha value is -1.51. The average molecular weight is 275 g/mol. The van der Waals surface area contributed by atoms with Gasteiger partial charge >= 0.3 is 6.09 Å². The lowest BCUT2D eigenvalue weighted by atomic mass is 9.99. The van der Waals surface area contributed by atoms with Crippen molar-refractivity contribution in [2.24, 2.45) is 5.92 Å². The fraction of sp³-hybridized carbons (Fsp3) is 0.588. The van der Waals surface area contributed by atoms with Gasteiger partial charge in [-0.2, -0.15) is 0 Å². The summed E-state index contributed by atoms with van der Waals surface area (Å²) in [5.41, 5.74) is 0.974. The van der Waals surface area contributed by atoms with Gasteiger partial charge in [0, 0.05) is 13.1 Å². The van der Waals surface area contributed by atoms with Gasteiger partial charge in [-0.3, -0.25) is 0 Å². The maximum atomic E-state index is 12.0. The highest BCUT2D eigenvalue weighted by molar-refractivity contribution is 5.68. The van der Waals surface area contributed by atoms with Crippen LogP contribution in [0.25, 0.3) is 0 Å². The molecular formula is C17H25NO2. The van der Waals surface area contributed by atoms with Crippen LogP contribution < -0.4 is 0 Å². The number of ether oxygens (including phenoxy) is 1. The van der Waals surface area contributed by atoms with E-state index in [0.29, 0.717) is 5.92 Å². The largest absolute Gasteiger partial charge is 0.444 e. The summed E-state index contributed by atoms with van der Waals surface area (Å²) in [5, 5.41) is 0. The van der Waals surface area contributed by atoms with Gasteiger partial charge in [-0.1, -0.05) is 30.3 Å². The number of aryl methyl sites for hydroxylation is 1. The van der Waals surface area contributed by atoms with Crippen molar-refractivity contribution in [3.8, 4) is 0 Å². The van der Waals surface area contributed by atoms with E-state index >= 15 is 0 Å². The van der Waals surface area contributed by atoms with Crippen LogP contribution in [-0.4, -0.2) is 29.7 Å². The van der Waals surface area contributed by atoms with Crippen LogP contribution in [0.4, 0.5) is 4.79 Å². The third kappa shape index (κ3) is 4.55. The third-order valence-corrected chi connectivity index (χ3v) is 3.62. The van der Waals surface area contributed by atoms with Crippen LogP contribution in [0.3, 0.4) is 0 Å². The molecular weight excluding hydrogens is 250 g/mol. The monoisotopic (exact) mass is 275 g/mol. The van der Waals surface area contributed by atoms with Crippen molar-refractivity contribution in [3.63, 3.8) is 0 Å². The molecule has 1 fully saturated rings. The van der Waals surface area contributed by atoms with E-state index in [2.05, 4.69) is 24.3 Å². The number of hydrogen-bond donors (Lipinski definition) is 0. The second-order valence-electron chi connectivity index (χ2n) is 6.61. The zero-order valence-electron chi connectivity index (χ0n) is 12.8. The molecule has 0 N–H and O–H groups in total. The minimum absolute atomic E-state index is 0.167. The summed E-state index contributed by atoms with van der Waals surface area (Å²) in [7, 11) is 0. The Morgan fingerprint density at radius 3 is 2.65 bits per heavy atom. The quantitative estimate of drug-likeness (QED) is 0.838. The number of benzene rings is 1. The number of amides is 1. The number of likely N-dealkylation sites (tertiary alicyclic amines) is 1. The highest BCUT2D eigenvalue weighted by atomic mass is 16.6. The van der Waals surface area contributed by atoms with Crippen molar-refractivity contribution in [3.05, 3.63) is 35.9 Å². The lowest BCUT2D eigenvalue weighted by molar-refractivity contribution is 0.0287. The van der Waals surface area contributed by atoms with E-state index in [1.165, 1.54) is 5.56 Å². The molecule has 1 amide bonds. The highest BCUT2D eigenvalue weighted by Crippen LogP contribution is 2.23. The summed E-state index contributed by atoms with van der Waals surface area (Å²) in [6, 6.07) is 10.5. The van der Waals surface area contributed by atoms with Crippen molar-refractivity contribution in [1.82, 2.24) is 4.90 Å². The molecule has 2 rings (SSSR count). The first-order valence-electron chi connectivity index (χ1n) is 7.46. The molecule has 1 aromatic rings. The van der Waals surface area contributed by atoms with Crippen molar-refractivity contribution in [2.45, 2.75) is 45.6 Å². The van der Waals surface area contributed by atoms with E-state index in [-0.39, 0.29) is 6.09 Å². The molecule has 1 aliphatic rings. The molecule has 1 heterocycles. The van der Waals surface area contributed by atoms with Gasteiger partial charge in [0.05, 0.1) is 0 Å². The lowest BCUT2D eigenvalue weighted by Gasteiger charge is -2.24. The smallest absolute Gasteiger partial charge is 0.410 e. The Labute approximate surface area is 121 Å². The zero-order valence-corrected chi connectivity index (χ0v) is 12.8. The van der Waals surface area contributed by atoms with Crippen LogP contribution in [0.5, 0.6) is 0 Å². The van der Waals surface area contributed by atoms with E-state index in [4.69, 9.17) is 4.74 Å². The molecule has 0 spiro atoms. The Kier molecular flexibility index (Phi) is 4.69. The number of hydrogen-bond acceptors (Lipinski definition) is 2. The summed E-state index contributed by atoms with van der Waals surface area (Å²) in [5.74, 6) is 0.600. The van der Waals surface area contributed by atoms with Gasteiger partial charge in [0.25, 0.3) is 0 Å². The van der Waals surface area contributed by atoms with Crippen molar-refractivity contribution >= 4 is 6.09 Å². The van der Waals surface area contributed by atoms with Gasteiger partial charge in [-0.05, 0) is 51.5 Å². The molecule has 3 heteroatoms. The SMILES string of the molecule is CC(C)(C)OC(=O)N1CC[C@@H](CCc2ccccc2)C1. The van der Waals surface area contributed by atoms with Gasteiger partial charge in [-0.15, -0.1) is 0 Å². The van der Waals surface area contributed by atoms with Crippen LogP contribution in [-0.2, 0) is 11.2 Å². The second kappa shape index (κ2) is 6.29. The van der Waals surface area contributed by atoms with Crippen LogP contribution >= 0.6 is 0 Å². The summed E-state index contributed by atoms with van der Waals surface area (Å²) in [4.78, 5) is 13.8. The maximum absolute atomic E-state index is 12.0. The van der Waals surface area contributed by atoms with Crippen molar-refractivity contribution in [2.75, 3.05) is 13.1 Å². The number of carbonyl (C=O) groups excluding carboxylic acids is 1. The molecule has 0 unspecified atom stereocenters. The van der Waals surface area contributed by atoms with E-state index in [1.54, 1.807) is 0 Å². The normalized spacial score (nSPS) is 19.1. The first-order valence-corrected chi connectivity index (χ1v) is 7.46. The molecule has 0 aliphatic carbocycles. The minimum Gasteiger partial charge on any atom is -0.444 e. The standard InChI is InChI=1S/C17H25NO2/c1-17(2,3)20-16(19)18-12-11-15(13-18)10-9-14-7-5-4-6-8-14/h4-8,15H,9-13H2,1-3H3/t15-/m1/s1. The highest BCUT2D eigenvalue weighted by Gasteiger charge is 2.29. The second-order valence-corrected chi connectivity index (χ2v) is 6.61. The molecule has 1 aliphatic heterocycles. The van der Waals surface area contributed by atoms with Gasteiger partial charge in [0.15, 0.2) is 0 Å². The van der Waals surface area contributed by atoms with E-state index in [0.717, 1.165) is 32.4 Å². The number of carbonyl (C=O) groups is 1. The lowest BCUT2D eigenvalue weighted by Crippen LogP contribution is -2.35. The van der Waals surface area contributed by atoms with Crippen LogP contribution in [0.15, 0.2) is 30.3 Å². The topological polar surface area (TPSA) is 29.5 Å². The predicted molar refractivity (Wildman–Crippen MR) is 80.7 cm³/mol. The van der Waals surface area contributed by atoms with E-state index in [1.807, 2.05) is 31.7 Å². The van der Waals surface area contributed by atoms with E-state index < -0.39 is 5.60 Å². The predicted octanol–water partition coefficient (Wildman–Crippen LogP) is 3.88. The summed E-state index contributed by atoms with van der Waals surface area (Å²) < 4.78 is 5.42. The third-order valence-electron chi connectivity index (χ3n) is 3.62. The Bertz CT molecular complexity index is 436. The molecule has 0 bridgehead atoms. The van der Waals surface area contributed by atoms with E-state index in [9.17, 15) is 4.79 Å². The molecule has 0 radical (unpaired) electrons. The van der Waals surface area contributed by atoms with Gasteiger partial charge in [0.1, 0.15) is 5.60 Å². The first kappa shape index (κ1) is 14.9. The molecule has 3 nitrogen and oxygen atoms in total. The molecule has 1 aromatic carbocycles. The summed E-state index contributed by atoms with van der Waals surface area (Å²) >= 11 is 0. The average Bonchev–Trinajstić information content (AvgIpc) is 2.84. The maximum Gasteiger partial charge on any atom is 0.410 e. The Morgan fingerprint density at radius 2 is 2.00 bits per heavy atom. The Balaban J connectivity index is 1.76. The van der Waals surface area contributed by atoms with Crippen molar-refractivity contribution < 1.29 is 9.53 Å². The minimum atomic E-state index is -0.404. The Morgan fingerprint density at radius 1 is 1.30 bits per heavy atom. The summed E-state index contributed by atoms with van der Waals surface area (Å²) in [6.07, 6.45) is 3.16. The number of rotatable bonds is 3. The van der Waals surface area contributed by atoms with Crippen LogP contribution in [0, 0.1) is 5.92 Å². The van der Waals surface area contributed by atoms with Crippen LogP contribution in [0.1, 0.15) is 39.2 Å². The zero-order chi connectivity index (χ0) is 14.6.